The number of hydrogen-bond donors (Lipinski definition) is 11. The average Bonchev–Trinajstić information content (AvgIpc) is 1.63. The van der Waals surface area contributed by atoms with Gasteiger partial charge >= 0.3 is 17.9 Å². The highest BCUT2D eigenvalue weighted by Gasteiger charge is 2.50. The van der Waals surface area contributed by atoms with Crippen molar-refractivity contribution in [3.63, 3.8) is 0 Å². The molecule has 12 bridgehead atoms. The predicted molar refractivity (Wildman–Crippen MR) is 370 cm³/mol. The number of carbonyl (C=O) groups is 9. The molecule has 1 saturated heterocycles. The van der Waals surface area contributed by atoms with Gasteiger partial charge in [0.05, 0.1) is 48.8 Å². The highest BCUT2D eigenvalue weighted by molar-refractivity contribution is 8.00. The van der Waals surface area contributed by atoms with Crippen LogP contribution in [0.2, 0.25) is 0 Å². The van der Waals surface area contributed by atoms with Crippen LogP contribution in [-0.4, -0.2) is 212 Å². The Bertz CT molecular complexity index is 4730. The van der Waals surface area contributed by atoms with Crippen molar-refractivity contribution in [2.24, 2.45) is 5.73 Å². The van der Waals surface area contributed by atoms with Crippen LogP contribution in [0.1, 0.15) is 125 Å². The minimum absolute atomic E-state index is 0.00398. The lowest BCUT2D eigenvalue weighted by molar-refractivity contribution is -0.280. The lowest BCUT2D eigenvalue weighted by Gasteiger charge is -2.48. The number of nitrogens with two attached hydrogens (primary N) is 1. The second kappa shape index (κ2) is 30.1. The maximum Gasteiger partial charge on any atom is 0.358 e. The minimum Gasteiger partial charge on any atom is -0.506 e. The van der Waals surface area contributed by atoms with E-state index < -0.39 is 151 Å². The Morgan fingerprint density at radius 3 is 2.24 bits per heavy atom. The number of pyridine rings is 1. The third-order valence-electron chi connectivity index (χ3n) is 16.9. The van der Waals surface area contributed by atoms with Crippen molar-refractivity contribution >= 4 is 138 Å². The number of primary amides is 1. The number of aliphatic hydroxyl groups is 2. The lowest BCUT2D eigenvalue weighted by atomic mass is 9.85. The summed E-state index contributed by atoms with van der Waals surface area (Å²) < 4.78 is 38.2. The van der Waals surface area contributed by atoms with Gasteiger partial charge in [0.15, 0.2) is 18.1 Å². The van der Waals surface area contributed by atoms with Crippen molar-refractivity contribution in [1.82, 2.24) is 66.1 Å². The standard InChI is InChI=1S/C63H64N14O20S6/c1-23(78)41-55(87)74-42(24(2)92-7)58-69-35(21-101-58)54(86)75-45-47-48(97-39-12-63(4,90)49(76(5)6)25(3)96-39)62(89)94-13-26-9-8-10-36-40(26)28(14-93-47)46(77(36)91)61(88)95-15-29(65-51(83)32-20-103-60(45)71-32)57-67-30(17-100-57)43-27(56-68-34(18-99-56)53(85)73-41)11-37(79)44(72-43)59-70-33(19-102-59)52(84)66-31(50(64)82)16-98-22-38(80)81/h8-11,17-21,23,25,29,31,39,41,45,47-49,78-79,90-91H,12-16,22H2,1-7H3,(H2,64,82)(H,65,83)(H,66,84)(H,73,85)(H,74,87)(H,75,86)(H,80,81)/t23?,25-,29?,31?,39-,41?,45?,47?,48?,49+,63-/m0/s1. The first-order chi connectivity index (χ1) is 49.1. The predicted octanol–water partition coefficient (Wildman–Crippen LogP) is 3.56. The number of rotatable bonds is 13. The van der Waals surface area contributed by atoms with E-state index in [9.17, 15) is 44.5 Å². The minimum atomic E-state index is -1.93. The Hall–Kier alpha value is -9.46. The zero-order valence-corrected chi connectivity index (χ0v) is 60.1. The van der Waals surface area contributed by atoms with E-state index in [1.807, 2.05) is 0 Å². The maximum atomic E-state index is 15.2. The molecular weight excluding hydrogens is 1470 g/mol. The van der Waals surface area contributed by atoms with Gasteiger partial charge in [0.1, 0.15) is 126 Å². The van der Waals surface area contributed by atoms with E-state index in [0.717, 1.165) is 68.4 Å². The number of ether oxygens (including phenoxy) is 6. The number of thiazole rings is 5. The fourth-order valence-corrected chi connectivity index (χ4v) is 17.1. The Morgan fingerprint density at radius 1 is 0.864 bits per heavy atom. The number of carboxylic acid groups (broad SMARTS) is 1. The summed E-state index contributed by atoms with van der Waals surface area (Å²) in [5.74, 6) is -10.1. The molecule has 12 N–H and O–H groups in total. The topological polar surface area (TPSA) is 482 Å². The average molecular weight is 1530 g/mol. The largest absolute Gasteiger partial charge is 0.506 e. The summed E-state index contributed by atoms with van der Waals surface area (Å²) in [5.41, 5.74) is 2.39. The maximum absolute atomic E-state index is 15.2. The van der Waals surface area contributed by atoms with Gasteiger partial charge in [-0.2, -0.15) is 4.73 Å². The van der Waals surface area contributed by atoms with Crippen LogP contribution in [0.4, 0.5) is 0 Å². The lowest BCUT2D eigenvalue weighted by Crippen LogP contribution is -2.62. The van der Waals surface area contributed by atoms with Crippen LogP contribution < -0.4 is 32.3 Å². The summed E-state index contributed by atoms with van der Waals surface area (Å²) in [6, 6.07) is -0.797. The zero-order valence-electron chi connectivity index (χ0n) is 55.2. The number of aliphatic carboxylic acids is 1. The Balaban J connectivity index is 1.02. The summed E-state index contributed by atoms with van der Waals surface area (Å²) in [7, 11) is 4.82. The first-order valence-corrected chi connectivity index (χ1v) is 36.7. The summed E-state index contributed by atoms with van der Waals surface area (Å²) in [6.07, 6.45) is -7.64. The summed E-state index contributed by atoms with van der Waals surface area (Å²) >= 11 is 5.21. The molecule has 4 aliphatic heterocycles. The molecule has 12 rings (SSSR count). The molecule has 0 saturated carbocycles. The van der Waals surface area contributed by atoms with Crippen molar-refractivity contribution in [3.8, 4) is 38.4 Å². The summed E-state index contributed by atoms with van der Waals surface area (Å²) in [4.78, 5) is 156. The van der Waals surface area contributed by atoms with Gasteiger partial charge in [0, 0.05) is 55.6 Å². The van der Waals surface area contributed by atoms with E-state index >= 15 is 19.2 Å². The van der Waals surface area contributed by atoms with Gasteiger partial charge in [-0.25, -0.2) is 39.5 Å². The number of methoxy groups -OCH3 is 1. The Kier molecular flexibility index (Phi) is 21.4. The second-order valence-corrected chi connectivity index (χ2v) is 29.8. The van der Waals surface area contributed by atoms with E-state index in [-0.39, 0.29) is 122 Å². The van der Waals surface area contributed by atoms with E-state index in [0.29, 0.717) is 4.73 Å². The molecule has 7 aromatic heterocycles. The highest BCUT2D eigenvalue weighted by Crippen LogP contribution is 2.43. The fourth-order valence-electron chi connectivity index (χ4n) is 12.2. The first-order valence-electron chi connectivity index (χ1n) is 31.2. The van der Waals surface area contributed by atoms with Crippen LogP contribution in [-0.2, 0) is 60.8 Å². The number of thioether (sulfide) groups is 1. The van der Waals surface area contributed by atoms with Crippen LogP contribution in [0.5, 0.6) is 5.75 Å². The summed E-state index contributed by atoms with van der Waals surface area (Å²) in [6.45, 7) is 4.15. The first kappa shape index (κ1) is 73.3. The van der Waals surface area contributed by atoms with Crippen molar-refractivity contribution in [2.75, 3.05) is 39.3 Å². The van der Waals surface area contributed by atoms with Gasteiger partial charge in [-0.05, 0) is 59.5 Å². The number of esters is 2. The SMILES string of the molecule is COC(C)=C1NC(=O)C(C(C)O)NC(=O)c2csc(n2)-c2cc(O)c(-c3nc(C(=O)NC(CSCC(=O)O)C(N)=O)cs3)nc2-c2csc(n2)C2COC(=O)c3c4c5c(cccc5n3O)COC(=O)C(O[C@H]3C[C@](C)(O)[C@H](N(C)C)[C@H](C)O3)C(OC4)C(NC(=O)c3csc1n3)c1nc(cs1)C(=O)N2. The molecule has 11 atom stereocenters. The van der Waals surface area contributed by atoms with Crippen LogP contribution >= 0.6 is 68.4 Å². The third kappa shape index (κ3) is 15.2. The molecule has 40 heteroatoms. The Labute approximate surface area is 606 Å². The number of benzene rings is 1. The molecule has 7 unspecified atom stereocenters. The van der Waals surface area contributed by atoms with Crippen LogP contribution in [0.3, 0.4) is 0 Å². The number of carbonyl (C=O) groups excluding carboxylic acids is 8. The number of nitrogens with one attached hydrogen (secondary N) is 5. The number of cyclic esters (lactones) is 2. The van der Waals surface area contributed by atoms with Crippen molar-refractivity contribution < 1.29 is 97.2 Å². The van der Waals surface area contributed by atoms with E-state index in [1.54, 1.807) is 45.0 Å². The number of aromatic hydroxyl groups is 1. The molecule has 8 aromatic rings. The van der Waals surface area contributed by atoms with Gasteiger partial charge < -0.3 is 91.3 Å². The van der Waals surface area contributed by atoms with Gasteiger partial charge in [-0.3, -0.25) is 33.6 Å². The van der Waals surface area contributed by atoms with Crippen LogP contribution in [0.25, 0.3) is 49.3 Å². The number of allylic oxidation sites excluding steroid dienone is 1. The zero-order chi connectivity index (χ0) is 73.6. The molecule has 0 radical (unpaired) electrons. The van der Waals surface area contributed by atoms with Gasteiger partial charge in [-0.15, -0.1) is 68.4 Å². The van der Waals surface area contributed by atoms with Crippen LogP contribution in [0.15, 0.2) is 56.9 Å². The molecule has 103 heavy (non-hydrogen) atoms. The molecule has 542 valence electrons. The van der Waals surface area contributed by atoms with E-state index in [4.69, 9.17) is 54.2 Å². The molecule has 34 nitrogen and oxygen atoms in total. The molecule has 0 spiro atoms. The molecule has 1 aromatic carbocycles. The smallest absolute Gasteiger partial charge is 0.358 e. The highest BCUT2D eigenvalue weighted by atomic mass is 32.2. The number of likely N-dealkylation sites (N-methyl/N-ethyl adjacent to an activating group) is 1. The second-order valence-electron chi connectivity index (χ2n) is 24.4. The molecule has 6 amide bonds. The van der Waals surface area contributed by atoms with Gasteiger partial charge in [-0.1, -0.05) is 12.1 Å². The number of nitrogens with zero attached hydrogens (tertiary/aromatic N) is 8. The van der Waals surface area contributed by atoms with Crippen molar-refractivity contribution in [3.05, 3.63) is 112 Å². The number of amides is 6. The molecule has 1 fully saturated rings. The molecule has 4 aliphatic rings. The van der Waals surface area contributed by atoms with Gasteiger partial charge in [0.25, 0.3) is 23.6 Å². The van der Waals surface area contributed by atoms with E-state index in [2.05, 4.69) is 41.5 Å². The normalized spacial score (nSPS) is 23.7. The third-order valence-corrected chi connectivity index (χ3v) is 22.4. The number of hydrogen-bond acceptors (Lipinski definition) is 32. The Morgan fingerprint density at radius 2 is 1.53 bits per heavy atom. The number of aliphatic hydroxyl groups excluding tert-OH is 1. The van der Waals surface area contributed by atoms with Gasteiger partial charge in [0.2, 0.25) is 11.8 Å². The van der Waals surface area contributed by atoms with Crippen molar-refractivity contribution in [2.45, 2.75) is 114 Å². The summed E-state index contributed by atoms with van der Waals surface area (Å²) in [5, 5.41) is 76.7. The molecular formula is C63H64N14O20S6. The van der Waals surface area contributed by atoms with Crippen molar-refractivity contribution in [1.29, 1.82) is 0 Å². The number of carboxylic acids is 1. The molecule has 0 aliphatic carbocycles. The monoisotopic (exact) mass is 1530 g/mol. The number of fused-ring (bicyclic) bond motifs is 15. The van der Waals surface area contributed by atoms with Crippen LogP contribution in [0, 0.1) is 0 Å². The number of aromatic nitrogens is 7. The van der Waals surface area contributed by atoms with E-state index in [1.165, 1.54) is 60.0 Å². The quantitative estimate of drug-likeness (QED) is 0.0446. The fraction of sp³-hybridized carbons (Fsp3) is 0.381. The molecule has 11 heterocycles.